The zero-order valence-corrected chi connectivity index (χ0v) is 92.4. The molecule has 135 heavy (non-hydrogen) atoms. The Morgan fingerprint density at radius 1 is 0.259 bits per heavy atom. The smallest absolute Gasteiger partial charge is 0.872 e. The Balaban J connectivity index is 0.000000131. The number of nitrogens with one attached hydrogen (secondary N) is 2. The van der Waals surface area contributed by atoms with Crippen LogP contribution in [0, 0.1) is 13.8 Å². The number of rotatable bonds is 14. The Hall–Kier alpha value is -10.8. The Morgan fingerprint density at radius 3 is 0.837 bits per heavy atom. The minimum Gasteiger partial charge on any atom is -0.872 e. The molecule has 0 saturated heterocycles. The zero-order valence-electron chi connectivity index (χ0n) is 75.5. The van der Waals surface area contributed by atoms with Gasteiger partial charge in [-0.1, -0.05) is 308 Å². The quantitative estimate of drug-likeness (QED) is 0.0764. The number of aryl methyl sites for hydroxylation is 2. The van der Waals surface area contributed by atoms with Crippen LogP contribution >= 0.6 is 68.0 Å². The molecular formula is C110H88BeN8OS11Si2Zn2+2. The van der Waals surface area contributed by atoms with Gasteiger partial charge in [0.05, 0.1) is 57.0 Å². The molecule has 0 saturated carbocycles. The van der Waals surface area contributed by atoms with Crippen molar-refractivity contribution in [2.24, 2.45) is 0 Å². The van der Waals surface area contributed by atoms with Gasteiger partial charge in [0.1, 0.15) is 29.4 Å². The van der Waals surface area contributed by atoms with Gasteiger partial charge in [-0.2, -0.15) is 34.4 Å². The second-order valence-corrected chi connectivity index (χ2v) is 51.9. The second kappa shape index (κ2) is 45.5. The molecular weight excluding hydrogens is 2000 g/mol. The predicted octanol–water partition coefficient (Wildman–Crippen LogP) is 29.5. The molecule has 0 aliphatic rings. The molecule has 0 atom stereocenters. The number of nitrogens with zero attached hydrogens (tertiary/aromatic N) is 6. The maximum Gasteiger partial charge on any atom is 2.00 e. The van der Waals surface area contributed by atoms with Gasteiger partial charge in [0, 0.05) is 57.4 Å². The summed E-state index contributed by atoms with van der Waals surface area (Å²) < 4.78 is 7.21. The van der Waals surface area contributed by atoms with Gasteiger partial charge in [-0.15, -0.1) is 45.3 Å². The Kier molecular flexibility index (Phi) is 33.7. The van der Waals surface area contributed by atoms with Gasteiger partial charge >= 0.3 is 49.1 Å². The molecule has 0 aliphatic heterocycles. The average molecular weight is 2090 g/mol. The molecule has 0 unspecified atom stereocenters. The van der Waals surface area contributed by atoms with E-state index in [2.05, 4.69) is 309 Å². The van der Waals surface area contributed by atoms with Crippen molar-refractivity contribution in [2.75, 3.05) is 9.80 Å². The SMILES string of the molecule is C[Si](C)(C)c1ccc([S-])c(-c2nc3ccccc3s2)c1.C[Si](C)(C)c1ccc([S-])c(-c2nc3ccccc3s2)c1.Cc1ccc([O-])c(-c2[nH+]c3ccccc3s2)c1.Cc1ccc([S-])c(-c2[nH+]c3ccccc3s2)c1.[Be+2].[S-]c1ccc(N(c2ccccc2)c2ccccc2)cc1-c1nc2ccccc2s1.[S-]c1ccc(N(c2ccccc2)c2ccccc2)cc1-c1nc2ccccc2s1.[Zn+2].[Zn+2]. The fourth-order valence-corrected chi connectivity index (χ4v) is 24.7. The summed E-state index contributed by atoms with van der Waals surface area (Å²) in [6, 6.07) is 128. The molecule has 6 aromatic heterocycles. The van der Waals surface area contributed by atoms with Crippen LogP contribution in [0.2, 0.25) is 39.3 Å². The molecule has 0 spiro atoms. The minimum absolute atomic E-state index is 0. The van der Waals surface area contributed by atoms with Gasteiger partial charge in [-0.25, -0.2) is 19.9 Å². The van der Waals surface area contributed by atoms with Crippen molar-refractivity contribution in [1.82, 2.24) is 19.9 Å². The summed E-state index contributed by atoms with van der Waals surface area (Å²) in [5.74, 6) is 0.0680. The third kappa shape index (κ3) is 24.3. The van der Waals surface area contributed by atoms with E-state index in [1.54, 1.807) is 74.1 Å². The second-order valence-electron chi connectivity index (χ2n) is 33.3. The average Bonchev–Trinajstić information content (AvgIpc) is 1.70. The number of hydrogen-bond acceptors (Lipinski definition) is 18. The van der Waals surface area contributed by atoms with E-state index in [1.807, 2.05) is 134 Å². The van der Waals surface area contributed by atoms with Crippen LogP contribution in [0.3, 0.4) is 0 Å². The number of thiazole rings is 6. The Labute approximate surface area is 871 Å². The van der Waals surface area contributed by atoms with E-state index in [0.717, 1.165) is 155 Å². The first kappa shape index (κ1) is 100. The number of fused-ring (bicyclic) bond motifs is 6. The number of anilines is 6. The molecule has 0 radical (unpaired) electrons. The van der Waals surface area contributed by atoms with Gasteiger partial charge < -0.3 is 78.1 Å². The number of H-pyrrole nitrogens is 2. The van der Waals surface area contributed by atoms with Crippen LogP contribution in [0.5, 0.6) is 5.75 Å². The molecule has 6 heterocycles. The molecule has 9 nitrogen and oxygen atoms in total. The van der Waals surface area contributed by atoms with Gasteiger partial charge in [-0.3, -0.25) is 0 Å². The Bertz CT molecular complexity index is 7070. The maximum absolute atomic E-state index is 11.8. The van der Waals surface area contributed by atoms with Crippen molar-refractivity contribution in [2.45, 2.75) is 77.6 Å². The van der Waals surface area contributed by atoms with Crippen molar-refractivity contribution in [3.8, 4) is 69.2 Å². The first-order valence-electron chi connectivity index (χ1n) is 42.8. The molecule has 16 aromatic carbocycles. The van der Waals surface area contributed by atoms with E-state index in [4.69, 9.17) is 83.1 Å². The molecule has 22 rings (SSSR count). The summed E-state index contributed by atoms with van der Waals surface area (Å²) in [5.41, 5.74) is 21.3. The summed E-state index contributed by atoms with van der Waals surface area (Å²) in [5, 5.41) is 20.8. The molecule has 25 heteroatoms. The van der Waals surface area contributed by atoms with E-state index in [1.165, 1.54) is 49.7 Å². The first-order valence-corrected chi connectivity index (χ1v) is 56.8. The summed E-state index contributed by atoms with van der Waals surface area (Å²) in [7, 11) is -2.66. The maximum atomic E-state index is 11.8. The third-order valence-corrected chi connectivity index (χ3v) is 34.1. The van der Waals surface area contributed by atoms with Gasteiger partial charge in [0.25, 0.3) is 10.0 Å². The van der Waals surface area contributed by atoms with E-state index in [-0.39, 0.29) is 54.8 Å². The standard InChI is InChI=1S/2C25H18N2S2.2C16H17NS2Si.C14H11NOS.C14H11NS2.Be.2Zn/c2*28-23-16-15-20(17-21(23)25-26-22-13-7-8-14-24(22)29-25)27(18-9-3-1-4-10-18)19-11-5-2-6-12-19;2*1-20(2,3)11-8-9-14(18)12(10-11)16-17-13-6-4-5-7-15(13)19-16;2*1-9-6-7-12(16)10(8-9)14-15-11-4-2-3-5-13(11)17-14;;;/h2*1-17,28H;2*4-10,18H,1-3H3;2*2-8,16H,1H3;;;/q;;;;;;3*+2/p-4. The monoisotopic (exact) mass is 2080 g/mol. The summed E-state index contributed by atoms with van der Waals surface area (Å²) in [6.07, 6.45) is 0. The molecule has 652 valence electrons. The van der Waals surface area contributed by atoms with Gasteiger partial charge in [-0.05, 0) is 182 Å². The summed E-state index contributed by atoms with van der Waals surface area (Å²) >= 11 is 37.9. The molecule has 2 N–H and O–H groups in total. The largest absolute Gasteiger partial charge is 2.00 e. The number of hydrogen-bond donors (Lipinski definition) is 0. The molecule has 0 aliphatic carbocycles. The zero-order chi connectivity index (χ0) is 91.6. The van der Waals surface area contributed by atoms with E-state index in [0.29, 0.717) is 0 Å². The number of para-hydroxylation sites is 10. The molecule has 0 bridgehead atoms. The van der Waals surface area contributed by atoms with Crippen molar-refractivity contribution in [3.63, 3.8) is 0 Å². The predicted molar refractivity (Wildman–Crippen MR) is 586 cm³/mol. The van der Waals surface area contributed by atoms with Crippen LogP contribution in [0.15, 0.2) is 401 Å². The fraction of sp³-hybridized carbons (Fsp3) is 0.0727. The van der Waals surface area contributed by atoms with Crippen LogP contribution in [-0.2, 0) is 102 Å². The topological polar surface area (TPSA) is 109 Å². The van der Waals surface area contributed by atoms with Crippen molar-refractivity contribution in [3.05, 3.63) is 387 Å². The van der Waals surface area contributed by atoms with E-state index < -0.39 is 16.1 Å². The molecule has 0 amide bonds. The fourth-order valence-electron chi connectivity index (χ4n) is 14.8. The molecule has 22 aromatic rings. The van der Waals surface area contributed by atoms with E-state index in [9.17, 15) is 5.11 Å². The van der Waals surface area contributed by atoms with Crippen LogP contribution in [0.25, 0.3) is 125 Å². The van der Waals surface area contributed by atoms with Crippen LogP contribution in [0.1, 0.15) is 11.1 Å². The van der Waals surface area contributed by atoms with Crippen molar-refractivity contribution < 1.29 is 54.0 Å². The van der Waals surface area contributed by atoms with Gasteiger partial charge in [0.2, 0.25) is 11.0 Å². The number of benzene rings is 16. The third-order valence-electron chi connectivity index (χ3n) is 21.7. The van der Waals surface area contributed by atoms with Crippen molar-refractivity contribution in [1.29, 1.82) is 0 Å². The van der Waals surface area contributed by atoms with Crippen LogP contribution < -0.4 is 35.2 Å². The Morgan fingerprint density at radius 2 is 0.519 bits per heavy atom. The number of aromatic amines is 2. The van der Waals surface area contributed by atoms with Crippen LogP contribution in [0.4, 0.5) is 34.1 Å². The van der Waals surface area contributed by atoms with Crippen molar-refractivity contribution >= 4 is 263 Å². The van der Waals surface area contributed by atoms with Crippen LogP contribution in [-0.4, -0.2) is 46.2 Å². The minimum atomic E-state index is -1.33. The first-order chi connectivity index (χ1) is 64.0. The van der Waals surface area contributed by atoms with E-state index >= 15 is 0 Å². The summed E-state index contributed by atoms with van der Waals surface area (Å²) in [6.45, 7) is 18.2. The normalized spacial score (nSPS) is 11.0. The molecule has 0 fully saturated rings. The van der Waals surface area contributed by atoms with Gasteiger partial charge in [0.15, 0.2) is 0 Å². The summed E-state index contributed by atoms with van der Waals surface area (Å²) in [4.78, 5) is 34.6. The number of aromatic nitrogens is 6.